The second kappa shape index (κ2) is 5.73. The number of carbonyl (C=O) groups excluding carboxylic acids is 1. The highest BCUT2D eigenvalue weighted by Gasteiger charge is 2.54. The van der Waals surface area contributed by atoms with Gasteiger partial charge in [0.05, 0.1) is 0 Å². The molecule has 0 atom stereocenters. The van der Waals surface area contributed by atoms with Gasteiger partial charge in [0.15, 0.2) is 0 Å². The minimum atomic E-state index is 0. The Morgan fingerprint density at radius 3 is 1.86 bits per heavy atom. The van der Waals surface area contributed by atoms with Crippen LogP contribution in [-0.2, 0) is 4.79 Å². The fourth-order valence-electron chi connectivity index (χ4n) is 5.99. The van der Waals surface area contributed by atoms with Crippen LogP contribution in [0.1, 0.15) is 64.2 Å². The molecule has 0 aliphatic heterocycles. The van der Waals surface area contributed by atoms with Crippen molar-refractivity contribution in [2.24, 2.45) is 28.9 Å². The van der Waals surface area contributed by atoms with Crippen LogP contribution >= 0.6 is 12.4 Å². The number of rotatable bonds is 2. The van der Waals surface area contributed by atoms with Gasteiger partial charge in [0, 0.05) is 17.5 Å². The quantitative estimate of drug-likeness (QED) is 0.823. The average Bonchev–Trinajstić information content (AvgIpc) is 2.40. The Morgan fingerprint density at radius 1 is 0.905 bits per heavy atom. The predicted molar refractivity (Wildman–Crippen MR) is 86.2 cm³/mol. The third-order valence-electron chi connectivity index (χ3n) is 6.63. The number of carbonyl (C=O) groups is 1. The van der Waals surface area contributed by atoms with Crippen LogP contribution in [-0.4, -0.2) is 18.0 Å². The van der Waals surface area contributed by atoms with Crippen LogP contribution in [0.5, 0.6) is 0 Å². The molecular formula is C17H29ClN2O. The minimum Gasteiger partial charge on any atom is -0.353 e. The summed E-state index contributed by atoms with van der Waals surface area (Å²) in [7, 11) is 0. The monoisotopic (exact) mass is 312 g/mol. The van der Waals surface area contributed by atoms with Gasteiger partial charge in [-0.05, 0) is 82.0 Å². The molecule has 0 unspecified atom stereocenters. The fraction of sp³-hybridized carbons (Fsp3) is 0.941. The van der Waals surface area contributed by atoms with Crippen LogP contribution < -0.4 is 11.1 Å². The van der Waals surface area contributed by atoms with Crippen molar-refractivity contribution in [3.8, 4) is 0 Å². The Morgan fingerprint density at radius 2 is 1.38 bits per heavy atom. The van der Waals surface area contributed by atoms with Crippen LogP contribution in [0.2, 0.25) is 0 Å². The molecule has 4 heteroatoms. The molecular weight excluding hydrogens is 284 g/mol. The van der Waals surface area contributed by atoms with E-state index in [0.29, 0.717) is 18.0 Å². The van der Waals surface area contributed by atoms with Crippen LogP contribution in [0.3, 0.4) is 0 Å². The van der Waals surface area contributed by atoms with Crippen LogP contribution in [0.15, 0.2) is 0 Å². The Kier molecular flexibility index (Phi) is 4.26. The molecule has 0 aromatic heterocycles. The molecule has 3 N–H and O–H groups in total. The molecule has 0 aromatic rings. The molecule has 0 heterocycles. The normalized spacial score (nSPS) is 47.8. The second-order valence-corrected chi connectivity index (χ2v) is 8.28. The summed E-state index contributed by atoms with van der Waals surface area (Å²) in [5.74, 6) is 2.96. The van der Waals surface area contributed by atoms with Crippen LogP contribution in [0.25, 0.3) is 0 Å². The maximum absolute atomic E-state index is 12.9. The summed E-state index contributed by atoms with van der Waals surface area (Å²) >= 11 is 0. The number of halogens is 1. The molecule has 0 aromatic carbocycles. The lowest BCUT2D eigenvalue weighted by atomic mass is 9.49. The van der Waals surface area contributed by atoms with E-state index in [1.165, 1.54) is 38.5 Å². The van der Waals surface area contributed by atoms with Gasteiger partial charge in [0.1, 0.15) is 0 Å². The lowest BCUT2D eigenvalue weighted by molar-refractivity contribution is -0.147. The van der Waals surface area contributed by atoms with Crippen molar-refractivity contribution in [3.63, 3.8) is 0 Å². The van der Waals surface area contributed by atoms with Gasteiger partial charge in [-0.3, -0.25) is 4.79 Å². The highest BCUT2D eigenvalue weighted by atomic mass is 35.5. The second-order valence-electron chi connectivity index (χ2n) is 8.28. The van der Waals surface area contributed by atoms with E-state index >= 15 is 0 Å². The van der Waals surface area contributed by atoms with Gasteiger partial charge in [0.25, 0.3) is 0 Å². The van der Waals surface area contributed by atoms with Crippen LogP contribution in [0.4, 0.5) is 0 Å². The molecule has 5 saturated carbocycles. The van der Waals surface area contributed by atoms with Gasteiger partial charge in [-0.15, -0.1) is 12.4 Å². The smallest absolute Gasteiger partial charge is 0.226 e. The van der Waals surface area contributed by atoms with Gasteiger partial charge >= 0.3 is 0 Å². The zero-order valence-electron chi connectivity index (χ0n) is 12.9. The van der Waals surface area contributed by atoms with E-state index in [2.05, 4.69) is 5.32 Å². The first-order chi connectivity index (χ1) is 9.63. The SMILES string of the molecule is Cl.NC1CCC(NC(=O)C23CC4CC(CC(C4)C2)C3)CC1. The topological polar surface area (TPSA) is 55.1 Å². The number of amides is 1. The van der Waals surface area contributed by atoms with E-state index in [1.54, 1.807) is 0 Å². The number of nitrogens with two attached hydrogens (primary N) is 1. The van der Waals surface area contributed by atoms with E-state index < -0.39 is 0 Å². The molecule has 0 radical (unpaired) electrons. The van der Waals surface area contributed by atoms with E-state index in [0.717, 1.165) is 43.4 Å². The summed E-state index contributed by atoms with van der Waals surface area (Å²) < 4.78 is 0. The molecule has 5 aliphatic rings. The van der Waals surface area contributed by atoms with E-state index in [-0.39, 0.29) is 17.8 Å². The molecule has 4 bridgehead atoms. The summed E-state index contributed by atoms with van der Waals surface area (Å²) in [6.07, 6.45) is 12.1. The third kappa shape index (κ3) is 2.84. The van der Waals surface area contributed by atoms with Crippen molar-refractivity contribution in [3.05, 3.63) is 0 Å². The van der Waals surface area contributed by atoms with Crippen molar-refractivity contribution >= 4 is 18.3 Å². The first-order valence-corrected chi connectivity index (χ1v) is 8.69. The third-order valence-corrected chi connectivity index (χ3v) is 6.63. The largest absolute Gasteiger partial charge is 0.353 e. The van der Waals surface area contributed by atoms with Crippen LogP contribution in [0, 0.1) is 23.2 Å². The van der Waals surface area contributed by atoms with Crippen molar-refractivity contribution in [2.45, 2.75) is 76.3 Å². The lowest BCUT2D eigenvalue weighted by Crippen LogP contribution is -2.55. The van der Waals surface area contributed by atoms with Crippen molar-refractivity contribution in [2.75, 3.05) is 0 Å². The molecule has 5 rings (SSSR count). The number of hydrogen-bond donors (Lipinski definition) is 2. The first kappa shape index (κ1) is 15.6. The predicted octanol–water partition coefficient (Wildman–Crippen LogP) is 3.01. The van der Waals surface area contributed by atoms with Crippen molar-refractivity contribution in [1.29, 1.82) is 0 Å². The first-order valence-electron chi connectivity index (χ1n) is 8.69. The summed E-state index contributed by atoms with van der Waals surface area (Å²) in [6, 6.07) is 0.762. The zero-order chi connectivity index (χ0) is 13.7. The Balaban J connectivity index is 0.00000132. The van der Waals surface area contributed by atoms with E-state index in [4.69, 9.17) is 5.73 Å². The molecule has 0 spiro atoms. The van der Waals surface area contributed by atoms with Gasteiger partial charge in [0.2, 0.25) is 5.91 Å². The van der Waals surface area contributed by atoms with Crippen molar-refractivity contribution in [1.82, 2.24) is 5.32 Å². The maximum Gasteiger partial charge on any atom is 0.226 e. The molecule has 1 amide bonds. The number of nitrogens with one attached hydrogen (secondary N) is 1. The summed E-state index contributed by atoms with van der Waals surface area (Å²) in [5, 5.41) is 3.40. The van der Waals surface area contributed by atoms with Gasteiger partial charge < -0.3 is 11.1 Å². The van der Waals surface area contributed by atoms with Crippen molar-refractivity contribution < 1.29 is 4.79 Å². The van der Waals surface area contributed by atoms with Gasteiger partial charge in [-0.25, -0.2) is 0 Å². The minimum absolute atomic E-state index is 0. The molecule has 3 nitrogen and oxygen atoms in total. The zero-order valence-corrected chi connectivity index (χ0v) is 13.7. The maximum atomic E-state index is 12.9. The van der Waals surface area contributed by atoms with Gasteiger partial charge in [-0.1, -0.05) is 0 Å². The van der Waals surface area contributed by atoms with E-state index in [9.17, 15) is 4.79 Å². The molecule has 120 valence electrons. The summed E-state index contributed by atoms with van der Waals surface area (Å²) in [6.45, 7) is 0. The Bertz CT molecular complexity index is 368. The fourth-order valence-corrected chi connectivity index (χ4v) is 5.99. The highest BCUT2D eigenvalue weighted by molar-refractivity contribution is 5.85. The number of hydrogen-bond acceptors (Lipinski definition) is 2. The standard InChI is InChI=1S/C17H28N2O.ClH/c18-14-1-3-15(4-2-14)19-16(20)17-8-11-5-12(9-17)7-13(6-11)10-17;/h11-15H,1-10,18H2,(H,19,20);1H. The lowest BCUT2D eigenvalue weighted by Gasteiger charge is -2.56. The molecule has 5 fully saturated rings. The molecule has 0 saturated heterocycles. The van der Waals surface area contributed by atoms with Gasteiger partial charge in [-0.2, -0.15) is 0 Å². The van der Waals surface area contributed by atoms with E-state index in [1.807, 2.05) is 0 Å². The Labute approximate surface area is 134 Å². The average molecular weight is 313 g/mol. The molecule has 5 aliphatic carbocycles. The highest BCUT2D eigenvalue weighted by Crippen LogP contribution is 2.60. The summed E-state index contributed by atoms with van der Waals surface area (Å²) in [5.41, 5.74) is 5.98. The molecule has 21 heavy (non-hydrogen) atoms. The summed E-state index contributed by atoms with van der Waals surface area (Å²) in [4.78, 5) is 12.9. The Hall–Kier alpha value is -0.280.